The van der Waals surface area contributed by atoms with Gasteiger partial charge in [-0.3, -0.25) is 4.79 Å². The van der Waals surface area contributed by atoms with Gasteiger partial charge in [-0.2, -0.15) is 0 Å². The lowest BCUT2D eigenvalue weighted by Gasteiger charge is -2.28. The van der Waals surface area contributed by atoms with Crippen molar-refractivity contribution in [3.8, 4) is 0 Å². The van der Waals surface area contributed by atoms with Gasteiger partial charge in [0.15, 0.2) is 0 Å². The Labute approximate surface area is 120 Å². The van der Waals surface area contributed by atoms with Crippen molar-refractivity contribution >= 4 is 18.5 Å². The molecule has 0 radical (unpaired) electrons. The predicted octanol–water partition coefficient (Wildman–Crippen LogP) is 2.45. The first-order valence-electron chi connectivity index (χ1n) is 6.80. The molecular weight excluding hydrogens is 258 g/mol. The molecule has 0 aliphatic carbocycles. The molecule has 19 heavy (non-hydrogen) atoms. The summed E-state index contributed by atoms with van der Waals surface area (Å²) >= 11 is 4.23. The van der Waals surface area contributed by atoms with Crippen LogP contribution in [0.3, 0.4) is 0 Å². The van der Waals surface area contributed by atoms with Crippen LogP contribution in [0.25, 0.3) is 0 Å². The van der Waals surface area contributed by atoms with E-state index in [0.717, 1.165) is 36.5 Å². The molecule has 104 valence electrons. The maximum Gasteiger partial charge on any atom is 0.224 e. The van der Waals surface area contributed by atoms with Crippen molar-refractivity contribution < 1.29 is 9.53 Å². The molecule has 1 saturated heterocycles. The second-order valence-electron chi connectivity index (χ2n) is 5.15. The minimum atomic E-state index is 0.0888. The number of ether oxygens (including phenoxy) is 1. The van der Waals surface area contributed by atoms with Crippen molar-refractivity contribution in [2.24, 2.45) is 5.92 Å². The molecule has 0 bridgehead atoms. The van der Waals surface area contributed by atoms with E-state index in [-0.39, 0.29) is 11.9 Å². The summed E-state index contributed by atoms with van der Waals surface area (Å²) in [6, 6.07) is 7.93. The molecule has 1 heterocycles. The maximum atomic E-state index is 12.0. The molecule has 0 spiro atoms. The van der Waals surface area contributed by atoms with Crippen LogP contribution in [-0.2, 0) is 16.0 Å². The van der Waals surface area contributed by atoms with Gasteiger partial charge >= 0.3 is 0 Å². The molecule has 1 aromatic rings. The molecule has 1 amide bonds. The summed E-state index contributed by atoms with van der Waals surface area (Å²) in [5, 5.41) is 3.10. The zero-order chi connectivity index (χ0) is 13.7. The molecule has 1 N–H and O–H groups in total. The number of nitrogens with one attached hydrogen (secondary N) is 1. The number of hydrogen-bond acceptors (Lipinski definition) is 3. The Kier molecular flexibility index (Phi) is 5.28. The van der Waals surface area contributed by atoms with E-state index < -0.39 is 0 Å². The fourth-order valence-electron chi connectivity index (χ4n) is 2.44. The Bertz CT molecular complexity index is 413. The summed E-state index contributed by atoms with van der Waals surface area (Å²) < 4.78 is 5.34. The second-order valence-corrected chi connectivity index (χ2v) is 5.67. The monoisotopic (exact) mass is 279 g/mol. The normalized spacial score (nSPS) is 18.0. The molecule has 1 atom stereocenters. The van der Waals surface area contributed by atoms with Crippen LogP contribution in [0.4, 0.5) is 0 Å². The minimum absolute atomic E-state index is 0.0888. The number of thiol groups is 1. The summed E-state index contributed by atoms with van der Waals surface area (Å²) in [7, 11) is 0. The van der Waals surface area contributed by atoms with Crippen molar-refractivity contribution in [3.05, 3.63) is 29.8 Å². The Morgan fingerprint density at radius 1 is 1.37 bits per heavy atom. The average Bonchev–Trinajstić information content (AvgIpc) is 2.42. The van der Waals surface area contributed by atoms with Crippen molar-refractivity contribution in [3.63, 3.8) is 0 Å². The van der Waals surface area contributed by atoms with Gasteiger partial charge in [0, 0.05) is 24.2 Å². The summed E-state index contributed by atoms with van der Waals surface area (Å²) in [4.78, 5) is 12.9. The van der Waals surface area contributed by atoms with Crippen molar-refractivity contribution in [2.75, 3.05) is 13.2 Å². The van der Waals surface area contributed by atoms with Crippen molar-refractivity contribution in [2.45, 2.75) is 37.1 Å². The summed E-state index contributed by atoms with van der Waals surface area (Å²) in [5.41, 5.74) is 1.02. The molecule has 1 aliphatic heterocycles. The van der Waals surface area contributed by atoms with E-state index in [1.165, 1.54) is 0 Å². The lowest BCUT2D eigenvalue weighted by molar-refractivity contribution is -0.121. The van der Waals surface area contributed by atoms with E-state index in [1.807, 2.05) is 24.3 Å². The molecule has 1 unspecified atom stereocenters. The standard InChI is InChI=1S/C15H21NO2S/c1-11(13-6-8-18-9-7-13)16-15(17)10-12-2-4-14(19)5-3-12/h2-5,11,13,19H,6-10H2,1H3,(H,16,17). The van der Waals surface area contributed by atoms with E-state index in [1.54, 1.807) is 0 Å². The van der Waals surface area contributed by atoms with Crippen LogP contribution in [0.5, 0.6) is 0 Å². The summed E-state index contributed by atoms with van der Waals surface area (Å²) in [6.45, 7) is 3.72. The molecule has 1 fully saturated rings. The van der Waals surface area contributed by atoms with E-state index >= 15 is 0 Å². The molecule has 2 rings (SSSR count). The Morgan fingerprint density at radius 3 is 2.63 bits per heavy atom. The highest BCUT2D eigenvalue weighted by Gasteiger charge is 2.21. The van der Waals surface area contributed by atoms with Crippen molar-refractivity contribution in [1.82, 2.24) is 5.32 Å². The molecule has 1 aromatic carbocycles. The van der Waals surface area contributed by atoms with Crippen LogP contribution in [0, 0.1) is 5.92 Å². The first-order chi connectivity index (χ1) is 9.15. The largest absolute Gasteiger partial charge is 0.381 e. The first kappa shape index (κ1) is 14.4. The zero-order valence-electron chi connectivity index (χ0n) is 11.3. The summed E-state index contributed by atoms with van der Waals surface area (Å²) in [6.07, 6.45) is 2.51. The smallest absolute Gasteiger partial charge is 0.224 e. The zero-order valence-corrected chi connectivity index (χ0v) is 12.2. The summed E-state index contributed by atoms with van der Waals surface area (Å²) in [5.74, 6) is 0.628. The highest BCUT2D eigenvalue weighted by molar-refractivity contribution is 7.80. The van der Waals surface area contributed by atoms with E-state index in [0.29, 0.717) is 12.3 Å². The topological polar surface area (TPSA) is 38.3 Å². The van der Waals surface area contributed by atoms with Gasteiger partial charge in [-0.25, -0.2) is 0 Å². The van der Waals surface area contributed by atoms with Crippen LogP contribution in [0.2, 0.25) is 0 Å². The number of benzene rings is 1. The fraction of sp³-hybridized carbons (Fsp3) is 0.533. The third kappa shape index (κ3) is 4.55. The average molecular weight is 279 g/mol. The van der Waals surface area contributed by atoms with Crippen LogP contribution in [0.1, 0.15) is 25.3 Å². The molecular formula is C15H21NO2S. The number of hydrogen-bond donors (Lipinski definition) is 2. The van der Waals surface area contributed by atoms with Crippen LogP contribution >= 0.6 is 12.6 Å². The van der Waals surface area contributed by atoms with Gasteiger partial charge < -0.3 is 10.1 Å². The first-order valence-corrected chi connectivity index (χ1v) is 7.25. The Morgan fingerprint density at radius 2 is 2.00 bits per heavy atom. The number of carbonyl (C=O) groups is 1. The van der Waals surface area contributed by atoms with E-state index in [2.05, 4.69) is 24.9 Å². The SMILES string of the molecule is CC(NC(=O)Cc1ccc(S)cc1)C1CCOCC1. The minimum Gasteiger partial charge on any atom is -0.381 e. The van der Waals surface area contributed by atoms with Gasteiger partial charge in [-0.05, 0) is 43.4 Å². The van der Waals surface area contributed by atoms with Crippen LogP contribution < -0.4 is 5.32 Å². The van der Waals surface area contributed by atoms with Gasteiger partial charge in [0.05, 0.1) is 6.42 Å². The van der Waals surface area contributed by atoms with E-state index in [4.69, 9.17) is 4.74 Å². The third-order valence-electron chi connectivity index (χ3n) is 3.66. The van der Waals surface area contributed by atoms with Gasteiger partial charge in [-0.1, -0.05) is 12.1 Å². The lowest BCUT2D eigenvalue weighted by Crippen LogP contribution is -2.40. The highest BCUT2D eigenvalue weighted by Crippen LogP contribution is 2.18. The van der Waals surface area contributed by atoms with Gasteiger partial charge in [-0.15, -0.1) is 12.6 Å². The Hall–Kier alpha value is -1.00. The van der Waals surface area contributed by atoms with Crippen LogP contribution in [0.15, 0.2) is 29.2 Å². The van der Waals surface area contributed by atoms with Crippen molar-refractivity contribution in [1.29, 1.82) is 0 Å². The molecule has 0 aromatic heterocycles. The third-order valence-corrected chi connectivity index (χ3v) is 3.96. The number of rotatable bonds is 4. The maximum absolute atomic E-state index is 12.0. The molecule has 3 nitrogen and oxygen atoms in total. The fourth-order valence-corrected chi connectivity index (χ4v) is 2.59. The number of carbonyl (C=O) groups excluding carboxylic acids is 1. The molecule has 1 aliphatic rings. The van der Waals surface area contributed by atoms with Crippen LogP contribution in [-0.4, -0.2) is 25.2 Å². The number of amides is 1. The van der Waals surface area contributed by atoms with Gasteiger partial charge in [0.1, 0.15) is 0 Å². The predicted molar refractivity (Wildman–Crippen MR) is 78.5 cm³/mol. The van der Waals surface area contributed by atoms with Gasteiger partial charge in [0.2, 0.25) is 5.91 Å². The quantitative estimate of drug-likeness (QED) is 0.831. The Balaban J connectivity index is 1.81. The molecule has 0 saturated carbocycles. The highest BCUT2D eigenvalue weighted by atomic mass is 32.1. The lowest BCUT2D eigenvalue weighted by atomic mass is 9.93. The molecule has 4 heteroatoms. The van der Waals surface area contributed by atoms with Gasteiger partial charge in [0.25, 0.3) is 0 Å². The second kappa shape index (κ2) is 6.96. The van der Waals surface area contributed by atoms with E-state index in [9.17, 15) is 4.79 Å².